The second kappa shape index (κ2) is 8.75. The Morgan fingerprint density at radius 2 is 1.73 bits per heavy atom. The largest absolute Gasteiger partial charge is 0.484 e. The number of rotatable bonds is 9. The Morgan fingerprint density at radius 1 is 1.14 bits per heavy atom. The van der Waals surface area contributed by atoms with Crippen LogP contribution in [0.1, 0.15) is 27.2 Å². The van der Waals surface area contributed by atoms with E-state index in [9.17, 15) is 13.2 Å². The monoisotopic (exact) mass is 328 g/mol. The first-order chi connectivity index (χ1) is 10.5. The maximum absolute atomic E-state index is 12.3. The lowest BCUT2D eigenvalue weighted by molar-refractivity contribution is -0.123. The molecule has 0 bridgehead atoms. The van der Waals surface area contributed by atoms with Crippen molar-refractivity contribution in [1.29, 1.82) is 0 Å². The zero-order chi connectivity index (χ0) is 16.6. The molecule has 0 heterocycles. The lowest BCUT2D eigenvalue weighted by atomic mass is 10.3. The molecule has 1 amide bonds. The van der Waals surface area contributed by atoms with E-state index < -0.39 is 10.0 Å². The van der Waals surface area contributed by atoms with Crippen LogP contribution in [0.5, 0.6) is 5.75 Å². The molecule has 1 aromatic rings. The summed E-state index contributed by atoms with van der Waals surface area (Å²) in [6.07, 6.45) is 0.865. The zero-order valence-electron chi connectivity index (χ0n) is 13.3. The third kappa shape index (κ3) is 4.99. The average molecular weight is 328 g/mol. The van der Waals surface area contributed by atoms with Crippen LogP contribution < -0.4 is 10.1 Å². The predicted molar refractivity (Wildman–Crippen MR) is 85.3 cm³/mol. The Morgan fingerprint density at radius 3 is 2.23 bits per heavy atom. The fourth-order valence-electron chi connectivity index (χ4n) is 1.88. The van der Waals surface area contributed by atoms with Crippen LogP contribution in [0.15, 0.2) is 29.2 Å². The molecule has 0 aliphatic carbocycles. The van der Waals surface area contributed by atoms with Crippen molar-refractivity contribution < 1.29 is 17.9 Å². The Hall–Kier alpha value is -1.60. The number of nitrogens with zero attached hydrogens (tertiary/aromatic N) is 1. The van der Waals surface area contributed by atoms with E-state index in [4.69, 9.17) is 4.74 Å². The van der Waals surface area contributed by atoms with Gasteiger partial charge in [0, 0.05) is 19.6 Å². The number of sulfonamides is 1. The van der Waals surface area contributed by atoms with Crippen molar-refractivity contribution in [2.24, 2.45) is 0 Å². The van der Waals surface area contributed by atoms with Crippen LogP contribution in [0.4, 0.5) is 0 Å². The minimum absolute atomic E-state index is 0.0812. The van der Waals surface area contributed by atoms with Crippen LogP contribution >= 0.6 is 0 Å². The second-order valence-electron chi connectivity index (χ2n) is 4.70. The highest BCUT2D eigenvalue weighted by Crippen LogP contribution is 2.19. The molecule has 0 aliphatic rings. The normalized spacial score (nSPS) is 11.5. The van der Waals surface area contributed by atoms with Gasteiger partial charge >= 0.3 is 0 Å². The number of ether oxygens (including phenoxy) is 1. The lowest BCUT2D eigenvalue weighted by Gasteiger charge is -2.18. The van der Waals surface area contributed by atoms with E-state index in [0.717, 1.165) is 6.42 Å². The summed E-state index contributed by atoms with van der Waals surface area (Å²) >= 11 is 0. The molecule has 6 nitrogen and oxygen atoms in total. The first-order valence-corrected chi connectivity index (χ1v) is 8.89. The molecule has 124 valence electrons. The Bertz CT molecular complexity index is 566. The summed E-state index contributed by atoms with van der Waals surface area (Å²) in [4.78, 5) is 11.7. The summed E-state index contributed by atoms with van der Waals surface area (Å²) in [6.45, 7) is 6.95. The van der Waals surface area contributed by atoms with Gasteiger partial charge in [0.2, 0.25) is 10.0 Å². The molecular formula is C15H24N2O4S. The Balaban J connectivity index is 2.69. The highest BCUT2D eigenvalue weighted by atomic mass is 32.2. The summed E-state index contributed by atoms with van der Waals surface area (Å²) in [5, 5.41) is 2.70. The van der Waals surface area contributed by atoms with Crippen LogP contribution in [-0.4, -0.2) is 44.9 Å². The molecule has 1 aromatic carbocycles. The van der Waals surface area contributed by atoms with Crippen molar-refractivity contribution in [1.82, 2.24) is 9.62 Å². The van der Waals surface area contributed by atoms with E-state index in [2.05, 4.69) is 5.32 Å². The highest BCUT2D eigenvalue weighted by Gasteiger charge is 2.21. The standard InChI is InChI=1S/C15H24N2O4S/c1-4-11-16-15(18)12-21-13-7-9-14(10-8-13)22(19,20)17(5-2)6-3/h7-10H,4-6,11-12H2,1-3H3,(H,16,18). The van der Waals surface area contributed by atoms with E-state index in [-0.39, 0.29) is 17.4 Å². The predicted octanol–water partition coefficient (Wildman–Crippen LogP) is 1.62. The fourth-order valence-corrected chi connectivity index (χ4v) is 3.34. The number of benzene rings is 1. The van der Waals surface area contributed by atoms with E-state index in [1.807, 2.05) is 6.92 Å². The molecule has 0 aliphatic heterocycles. The molecule has 0 saturated carbocycles. The summed E-state index contributed by atoms with van der Waals surface area (Å²) < 4.78 is 31.3. The van der Waals surface area contributed by atoms with Gasteiger partial charge in [-0.25, -0.2) is 8.42 Å². The third-order valence-corrected chi connectivity index (χ3v) is 5.17. The third-order valence-electron chi connectivity index (χ3n) is 3.11. The van der Waals surface area contributed by atoms with Crippen LogP contribution in [0.25, 0.3) is 0 Å². The van der Waals surface area contributed by atoms with Gasteiger partial charge in [-0.05, 0) is 30.7 Å². The topological polar surface area (TPSA) is 75.7 Å². The molecule has 22 heavy (non-hydrogen) atoms. The first kappa shape index (κ1) is 18.4. The second-order valence-corrected chi connectivity index (χ2v) is 6.64. The van der Waals surface area contributed by atoms with Crippen molar-refractivity contribution >= 4 is 15.9 Å². The molecule has 0 fully saturated rings. The quantitative estimate of drug-likeness (QED) is 0.747. The van der Waals surface area contributed by atoms with Gasteiger partial charge < -0.3 is 10.1 Å². The van der Waals surface area contributed by atoms with Gasteiger partial charge in [0.05, 0.1) is 4.90 Å². The van der Waals surface area contributed by atoms with Gasteiger partial charge in [0.1, 0.15) is 5.75 Å². The molecule has 1 N–H and O–H groups in total. The molecule has 0 radical (unpaired) electrons. The number of carbonyl (C=O) groups is 1. The molecule has 0 unspecified atom stereocenters. The van der Waals surface area contributed by atoms with E-state index >= 15 is 0 Å². The molecular weight excluding hydrogens is 304 g/mol. The first-order valence-electron chi connectivity index (χ1n) is 7.45. The SMILES string of the molecule is CCCNC(=O)COc1ccc(S(=O)(=O)N(CC)CC)cc1. The highest BCUT2D eigenvalue weighted by molar-refractivity contribution is 7.89. The fraction of sp³-hybridized carbons (Fsp3) is 0.533. The summed E-state index contributed by atoms with van der Waals surface area (Å²) in [5.74, 6) is 0.270. The van der Waals surface area contributed by atoms with E-state index in [1.165, 1.54) is 16.4 Å². The molecule has 0 spiro atoms. The van der Waals surface area contributed by atoms with Gasteiger partial charge in [0.15, 0.2) is 6.61 Å². The maximum atomic E-state index is 12.3. The molecule has 7 heteroatoms. The molecule has 0 atom stereocenters. The van der Waals surface area contributed by atoms with Gasteiger partial charge in [-0.15, -0.1) is 0 Å². The van der Waals surface area contributed by atoms with E-state index in [1.54, 1.807) is 26.0 Å². The number of hydrogen-bond acceptors (Lipinski definition) is 4. The Labute approximate surface area is 132 Å². The number of nitrogens with one attached hydrogen (secondary N) is 1. The van der Waals surface area contributed by atoms with Crippen LogP contribution in [0.2, 0.25) is 0 Å². The van der Waals surface area contributed by atoms with Gasteiger partial charge in [0.25, 0.3) is 5.91 Å². The Kier molecular flexibility index (Phi) is 7.34. The van der Waals surface area contributed by atoms with E-state index in [0.29, 0.717) is 25.4 Å². The van der Waals surface area contributed by atoms with Crippen LogP contribution in [-0.2, 0) is 14.8 Å². The minimum Gasteiger partial charge on any atom is -0.484 e. The van der Waals surface area contributed by atoms with Crippen molar-refractivity contribution in [3.8, 4) is 5.75 Å². The molecule has 1 rings (SSSR count). The minimum atomic E-state index is -3.46. The van der Waals surface area contributed by atoms with Crippen molar-refractivity contribution in [2.45, 2.75) is 32.1 Å². The average Bonchev–Trinajstić information content (AvgIpc) is 2.52. The molecule has 0 saturated heterocycles. The lowest BCUT2D eigenvalue weighted by Crippen LogP contribution is -2.30. The molecule has 0 aromatic heterocycles. The maximum Gasteiger partial charge on any atom is 0.257 e. The van der Waals surface area contributed by atoms with Gasteiger partial charge in [-0.2, -0.15) is 4.31 Å². The number of carbonyl (C=O) groups excluding carboxylic acids is 1. The van der Waals surface area contributed by atoms with Crippen LogP contribution in [0.3, 0.4) is 0 Å². The zero-order valence-corrected chi connectivity index (χ0v) is 14.1. The summed E-state index contributed by atoms with van der Waals surface area (Å²) in [6, 6.07) is 6.10. The summed E-state index contributed by atoms with van der Waals surface area (Å²) in [7, 11) is -3.46. The van der Waals surface area contributed by atoms with Gasteiger partial charge in [-0.1, -0.05) is 20.8 Å². The smallest absolute Gasteiger partial charge is 0.257 e. The number of hydrogen-bond donors (Lipinski definition) is 1. The van der Waals surface area contributed by atoms with Crippen molar-refractivity contribution in [3.63, 3.8) is 0 Å². The number of amides is 1. The van der Waals surface area contributed by atoms with Gasteiger partial charge in [-0.3, -0.25) is 4.79 Å². The van der Waals surface area contributed by atoms with Crippen molar-refractivity contribution in [2.75, 3.05) is 26.2 Å². The van der Waals surface area contributed by atoms with Crippen LogP contribution in [0, 0.1) is 0 Å². The van der Waals surface area contributed by atoms with Crippen molar-refractivity contribution in [3.05, 3.63) is 24.3 Å². The summed E-state index contributed by atoms with van der Waals surface area (Å²) in [5.41, 5.74) is 0.